The van der Waals surface area contributed by atoms with Crippen molar-refractivity contribution in [1.82, 2.24) is 0 Å². The van der Waals surface area contributed by atoms with Crippen LogP contribution in [0.2, 0.25) is 0 Å². The van der Waals surface area contributed by atoms with E-state index < -0.39 is 0 Å². The van der Waals surface area contributed by atoms with Crippen LogP contribution in [0.3, 0.4) is 0 Å². The Morgan fingerprint density at radius 3 is 2.23 bits per heavy atom. The number of carbonyl (C=O) groups is 1. The van der Waals surface area contributed by atoms with E-state index in [9.17, 15) is 4.79 Å². The van der Waals surface area contributed by atoms with Gasteiger partial charge in [-0.2, -0.15) is 0 Å². The van der Waals surface area contributed by atoms with Gasteiger partial charge in [0.05, 0.1) is 0 Å². The maximum absolute atomic E-state index is 12.8. The highest BCUT2D eigenvalue weighted by molar-refractivity contribution is 7.26. The van der Waals surface area contributed by atoms with Crippen molar-refractivity contribution in [1.29, 1.82) is 0 Å². The van der Waals surface area contributed by atoms with Crippen LogP contribution in [0.4, 0.5) is 0 Å². The van der Waals surface area contributed by atoms with Crippen LogP contribution >= 0.6 is 34.0 Å². The molecule has 0 bridgehead atoms. The number of rotatable bonds is 5. The van der Waals surface area contributed by atoms with E-state index in [0.29, 0.717) is 0 Å². The minimum absolute atomic E-state index is 0.0407. The van der Waals surface area contributed by atoms with Crippen molar-refractivity contribution in [3.05, 3.63) is 136 Å². The quantitative estimate of drug-likeness (QED) is 0.218. The number of fused-ring (bicyclic) bond motifs is 1. The monoisotopic (exact) mass is 504 g/mol. The molecule has 5 aromatic rings. The molecule has 0 saturated carbocycles. The van der Waals surface area contributed by atoms with E-state index in [4.69, 9.17) is 0 Å². The van der Waals surface area contributed by atoms with Gasteiger partial charge >= 0.3 is 0 Å². The van der Waals surface area contributed by atoms with E-state index in [0.717, 1.165) is 27.8 Å². The van der Waals surface area contributed by atoms with Gasteiger partial charge in [0, 0.05) is 30.0 Å². The molecule has 0 unspecified atom stereocenters. The number of allylic oxidation sites excluding steroid dienone is 4. The highest BCUT2D eigenvalue weighted by Gasteiger charge is 2.17. The number of benzene rings is 2. The largest absolute Gasteiger partial charge is 0.289 e. The number of carbonyl (C=O) groups excluding carboxylic acids is 1. The zero-order valence-electron chi connectivity index (χ0n) is 18.7. The molecule has 1 nitrogen and oxygen atoms in total. The Morgan fingerprint density at radius 1 is 0.657 bits per heavy atom. The minimum Gasteiger partial charge on any atom is -0.289 e. The molecule has 2 aromatic carbocycles. The standard InChI is InChI=1S/C31H20OS3/c32-26-15-12-22-9-4-5-10-23(22)25(26)14-13-24(21-7-2-1-3-8-21)27-16-17-30(34-27)31-19-18-29(35-31)28-11-6-20-33-28/h1-20H/b24-13-,25-14-. The summed E-state index contributed by atoms with van der Waals surface area (Å²) in [6.07, 6.45) is 7.63. The molecule has 1 aliphatic carbocycles. The zero-order valence-corrected chi connectivity index (χ0v) is 21.1. The molecule has 168 valence electrons. The molecule has 0 amide bonds. The normalized spacial score (nSPS) is 14.5. The van der Waals surface area contributed by atoms with Crippen molar-refractivity contribution >= 4 is 57.0 Å². The molecule has 3 heterocycles. The lowest BCUT2D eigenvalue weighted by atomic mass is 9.90. The van der Waals surface area contributed by atoms with Crippen molar-refractivity contribution in [2.24, 2.45) is 0 Å². The molecule has 0 saturated heterocycles. The Kier molecular flexibility index (Phi) is 6.01. The van der Waals surface area contributed by atoms with Gasteiger partial charge in [0.25, 0.3) is 0 Å². The molecular formula is C31H20OS3. The molecule has 4 heteroatoms. The first kappa shape index (κ1) is 21.9. The Hall–Kier alpha value is -3.57. The Labute approximate surface area is 216 Å². The molecule has 3 aromatic heterocycles. The SMILES string of the molecule is O=C1C=Cc2ccccc2/C1=C/C=C(/c1ccccc1)c1ccc(-c2ccc(-c3cccs3)s2)s1. The van der Waals surface area contributed by atoms with Crippen molar-refractivity contribution in [2.75, 3.05) is 0 Å². The Balaban J connectivity index is 1.40. The second kappa shape index (κ2) is 9.59. The first-order valence-electron chi connectivity index (χ1n) is 11.3. The van der Waals surface area contributed by atoms with Gasteiger partial charge in [-0.15, -0.1) is 34.0 Å². The molecule has 0 aliphatic heterocycles. The lowest BCUT2D eigenvalue weighted by molar-refractivity contribution is -0.109. The van der Waals surface area contributed by atoms with Gasteiger partial charge in [-0.05, 0) is 70.1 Å². The number of ketones is 1. The molecule has 0 atom stereocenters. The predicted octanol–water partition coefficient (Wildman–Crippen LogP) is 9.32. The summed E-state index contributed by atoms with van der Waals surface area (Å²) in [5, 5.41) is 2.12. The predicted molar refractivity (Wildman–Crippen MR) is 153 cm³/mol. The van der Waals surface area contributed by atoms with E-state index in [1.165, 1.54) is 24.4 Å². The molecule has 1 aliphatic rings. The molecule has 35 heavy (non-hydrogen) atoms. The van der Waals surface area contributed by atoms with Gasteiger partial charge in [0.2, 0.25) is 0 Å². The molecule has 0 fully saturated rings. The van der Waals surface area contributed by atoms with Crippen LogP contribution in [0.1, 0.15) is 21.6 Å². The van der Waals surface area contributed by atoms with E-state index >= 15 is 0 Å². The van der Waals surface area contributed by atoms with Crippen LogP contribution in [0, 0.1) is 0 Å². The first-order valence-corrected chi connectivity index (χ1v) is 13.8. The van der Waals surface area contributed by atoms with Crippen LogP contribution in [-0.4, -0.2) is 5.78 Å². The van der Waals surface area contributed by atoms with Gasteiger partial charge in [-0.25, -0.2) is 0 Å². The van der Waals surface area contributed by atoms with Crippen molar-refractivity contribution in [2.45, 2.75) is 0 Å². The fraction of sp³-hybridized carbons (Fsp3) is 0. The highest BCUT2D eigenvalue weighted by atomic mass is 32.1. The average Bonchev–Trinajstić information content (AvgIpc) is 3.67. The van der Waals surface area contributed by atoms with E-state index in [1.807, 2.05) is 53.8 Å². The third kappa shape index (κ3) is 4.44. The summed E-state index contributed by atoms with van der Waals surface area (Å²) >= 11 is 5.39. The highest BCUT2D eigenvalue weighted by Crippen LogP contribution is 2.41. The molecule has 0 N–H and O–H groups in total. The number of hydrogen-bond donors (Lipinski definition) is 0. The van der Waals surface area contributed by atoms with E-state index in [2.05, 4.69) is 72.1 Å². The third-order valence-corrected chi connectivity index (χ3v) is 9.38. The minimum atomic E-state index is 0.0407. The lowest BCUT2D eigenvalue weighted by Gasteiger charge is -2.12. The van der Waals surface area contributed by atoms with Gasteiger partial charge in [0.1, 0.15) is 0 Å². The maximum Gasteiger partial charge on any atom is 0.186 e. The lowest BCUT2D eigenvalue weighted by Crippen LogP contribution is -2.04. The summed E-state index contributed by atoms with van der Waals surface area (Å²) in [7, 11) is 0. The third-order valence-electron chi connectivity index (χ3n) is 5.92. The summed E-state index contributed by atoms with van der Waals surface area (Å²) < 4.78 is 0. The van der Waals surface area contributed by atoms with Gasteiger partial charge in [-0.3, -0.25) is 4.79 Å². The van der Waals surface area contributed by atoms with Crippen LogP contribution in [0.25, 0.3) is 36.7 Å². The van der Waals surface area contributed by atoms with Crippen LogP contribution < -0.4 is 0 Å². The van der Waals surface area contributed by atoms with Crippen molar-refractivity contribution < 1.29 is 4.79 Å². The molecular weight excluding hydrogens is 485 g/mol. The second-order valence-corrected chi connectivity index (χ2v) is 11.2. The van der Waals surface area contributed by atoms with Crippen molar-refractivity contribution in [3.8, 4) is 19.5 Å². The Bertz CT molecular complexity index is 1590. The van der Waals surface area contributed by atoms with Crippen LogP contribution in [-0.2, 0) is 4.79 Å². The average molecular weight is 505 g/mol. The summed E-state index contributed by atoms with van der Waals surface area (Å²) in [5.41, 5.74) is 5.03. The van der Waals surface area contributed by atoms with Crippen LogP contribution in [0.15, 0.2) is 115 Å². The van der Waals surface area contributed by atoms with Crippen LogP contribution in [0.5, 0.6) is 0 Å². The Morgan fingerprint density at radius 2 is 1.40 bits per heavy atom. The molecule has 0 spiro atoms. The summed E-state index contributed by atoms with van der Waals surface area (Å²) in [4.78, 5) is 19.1. The second-order valence-electron chi connectivity index (χ2n) is 8.12. The van der Waals surface area contributed by atoms with Gasteiger partial charge in [0.15, 0.2) is 5.78 Å². The zero-order chi connectivity index (χ0) is 23.6. The van der Waals surface area contributed by atoms with E-state index in [-0.39, 0.29) is 5.78 Å². The topological polar surface area (TPSA) is 17.1 Å². The summed E-state index contributed by atoms with van der Waals surface area (Å²) in [6.45, 7) is 0. The number of thiophene rings is 3. The fourth-order valence-electron chi connectivity index (χ4n) is 4.19. The smallest absolute Gasteiger partial charge is 0.186 e. The summed E-state index contributed by atoms with van der Waals surface area (Å²) in [5.74, 6) is 0.0407. The fourth-order valence-corrected chi connectivity index (χ4v) is 7.17. The molecule has 0 radical (unpaired) electrons. The molecule has 6 rings (SSSR count). The van der Waals surface area contributed by atoms with Gasteiger partial charge in [-0.1, -0.05) is 72.8 Å². The number of hydrogen-bond acceptors (Lipinski definition) is 4. The maximum atomic E-state index is 12.8. The van der Waals surface area contributed by atoms with E-state index in [1.54, 1.807) is 28.7 Å². The van der Waals surface area contributed by atoms with Crippen molar-refractivity contribution in [3.63, 3.8) is 0 Å². The summed E-state index contributed by atoms with van der Waals surface area (Å²) in [6, 6.07) is 31.5. The first-order chi connectivity index (χ1) is 17.3. The van der Waals surface area contributed by atoms with Gasteiger partial charge < -0.3 is 0 Å².